The number of fused-ring (bicyclic) bond motifs is 1. The highest BCUT2D eigenvalue weighted by Crippen LogP contribution is 2.50. The molecule has 0 N–H and O–H groups in total. The Labute approximate surface area is 93.0 Å². The van der Waals surface area contributed by atoms with Crippen molar-refractivity contribution in [2.75, 3.05) is 0 Å². The minimum absolute atomic E-state index is 0. The van der Waals surface area contributed by atoms with Gasteiger partial charge in [-0.2, -0.15) is 0 Å². The molecular formula is C11H10F4S. The third-order valence-corrected chi connectivity index (χ3v) is 4.50. The van der Waals surface area contributed by atoms with Gasteiger partial charge in [0.05, 0.1) is 10.5 Å². The number of aryl methyl sites for hydroxylation is 1. The molecule has 0 fully saturated rings. The average Bonchev–Trinajstić information content (AvgIpc) is 2.54. The highest BCUT2D eigenvalue weighted by atomic mass is 32.2. The van der Waals surface area contributed by atoms with E-state index in [1.54, 1.807) is 37.3 Å². The van der Waals surface area contributed by atoms with Gasteiger partial charge in [0.25, 0.3) is 0 Å². The molecule has 0 aliphatic heterocycles. The van der Waals surface area contributed by atoms with Gasteiger partial charge in [-0.15, -0.1) is 13.2 Å². The molecule has 5 heteroatoms. The smallest absolute Gasteiger partial charge is 0.600 e. The highest BCUT2D eigenvalue weighted by molar-refractivity contribution is 7.38. The number of rotatable bonds is 1. The largest absolute Gasteiger partial charge is 1.00 e. The lowest BCUT2D eigenvalue weighted by molar-refractivity contribution is -0.0867. The average molecular weight is 250 g/mol. The highest BCUT2D eigenvalue weighted by Gasteiger charge is 2.47. The van der Waals surface area contributed by atoms with Crippen molar-refractivity contribution in [2.45, 2.75) is 18.9 Å². The van der Waals surface area contributed by atoms with Crippen LogP contribution in [0.1, 0.15) is 11.8 Å². The second-order valence-corrected chi connectivity index (χ2v) is 5.29. The maximum atomic E-state index is 12.8. The van der Waals surface area contributed by atoms with Gasteiger partial charge in [0.15, 0.2) is 9.58 Å². The second-order valence-electron chi connectivity index (χ2n) is 3.25. The Balaban J connectivity index is 0.00000128. The molecule has 1 atom stereocenters. The van der Waals surface area contributed by atoms with Crippen LogP contribution in [0.2, 0.25) is 0 Å². The van der Waals surface area contributed by atoms with E-state index < -0.39 is 16.0 Å². The van der Waals surface area contributed by atoms with Crippen LogP contribution >= 0.6 is 10.5 Å². The Bertz CT molecular complexity index is 484. The Hall–Kier alpha value is -1.10. The summed E-state index contributed by atoms with van der Waals surface area (Å²) < 4.78 is 39.0. The first-order chi connectivity index (χ1) is 7.04. The molecule has 0 saturated carbocycles. The van der Waals surface area contributed by atoms with Crippen LogP contribution < -0.4 is 4.70 Å². The van der Waals surface area contributed by atoms with E-state index >= 15 is 0 Å². The predicted molar refractivity (Wildman–Crippen MR) is 57.1 cm³/mol. The van der Waals surface area contributed by atoms with Gasteiger partial charge in [-0.1, -0.05) is 19.1 Å². The molecule has 0 radical (unpaired) electrons. The fraction of sp³-hybridized carbons (Fsp3) is 0.273. The summed E-state index contributed by atoms with van der Waals surface area (Å²) in [5.41, 5.74) is -4.14. The zero-order chi connectivity index (χ0) is 11.1. The van der Waals surface area contributed by atoms with Crippen LogP contribution in [0.15, 0.2) is 30.3 Å². The van der Waals surface area contributed by atoms with Crippen LogP contribution in [-0.4, -0.2) is 0 Å². The first kappa shape index (κ1) is 13.0. The third kappa shape index (κ3) is 2.04. The maximum absolute atomic E-state index is 12.8. The second kappa shape index (κ2) is 4.41. The predicted octanol–water partition coefficient (Wildman–Crippen LogP) is 1.63. The zero-order valence-electron chi connectivity index (χ0n) is 8.51. The van der Waals surface area contributed by atoms with Crippen LogP contribution in [0.3, 0.4) is 0 Å². The summed E-state index contributed by atoms with van der Waals surface area (Å²) in [5, 5.41) is 0.718. The molecule has 0 aliphatic rings. The normalized spacial score (nSPS) is 12.6. The fourth-order valence-electron chi connectivity index (χ4n) is 1.68. The molecule has 0 nitrogen and oxygen atoms in total. The molecule has 1 aromatic heterocycles. The van der Waals surface area contributed by atoms with Gasteiger partial charge in [0.2, 0.25) is 0 Å². The minimum atomic E-state index is -4.14. The number of benzene rings is 1. The summed E-state index contributed by atoms with van der Waals surface area (Å²) in [6.07, 6.45) is 0.456. The van der Waals surface area contributed by atoms with Gasteiger partial charge < -0.3 is 4.70 Å². The summed E-state index contributed by atoms with van der Waals surface area (Å²) in [6, 6.07) is 8.42. The maximum Gasteiger partial charge on any atom is 0.600 e. The van der Waals surface area contributed by atoms with E-state index in [1.807, 2.05) is 0 Å². The van der Waals surface area contributed by atoms with E-state index in [4.69, 9.17) is 0 Å². The summed E-state index contributed by atoms with van der Waals surface area (Å²) in [5.74, 6) is 0. The lowest BCUT2D eigenvalue weighted by Crippen LogP contribution is -3.00. The van der Waals surface area contributed by atoms with Gasteiger partial charge in [0.1, 0.15) is 0 Å². The molecule has 0 aliphatic carbocycles. The van der Waals surface area contributed by atoms with E-state index in [1.165, 1.54) is 0 Å². The fourth-order valence-corrected chi connectivity index (χ4v) is 3.62. The quantitative estimate of drug-likeness (QED) is 0.533. The third-order valence-electron chi connectivity index (χ3n) is 2.30. The van der Waals surface area contributed by atoms with Crippen LogP contribution in [0, 0.1) is 0 Å². The van der Waals surface area contributed by atoms with Crippen LogP contribution in [0.25, 0.3) is 10.1 Å². The Morgan fingerprint density at radius 3 is 2.38 bits per heavy atom. The molecule has 1 heterocycles. The summed E-state index contributed by atoms with van der Waals surface area (Å²) in [6.45, 7) is 1.77. The van der Waals surface area contributed by atoms with E-state index in [9.17, 15) is 13.2 Å². The van der Waals surface area contributed by atoms with Crippen molar-refractivity contribution in [1.82, 2.24) is 0 Å². The van der Waals surface area contributed by atoms with Gasteiger partial charge in [-0.05, 0) is 12.1 Å². The number of thiophene rings is 1. The number of halogens is 4. The van der Waals surface area contributed by atoms with E-state index in [-0.39, 0.29) is 4.70 Å². The van der Waals surface area contributed by atoms with E-state index in [0.29, 0.717) is 16.0 Å². The number of hydrogen-bond donors (Lipinski definition) is 0. The van der Waals surface area contributed by atoms with Crippen LogP contribution in [0.4, 0.5) is 13.2 Å². The van der Waals surface area contributed by atoms with E-state index in [0.717, 1.165) is 5.39 Å². The molecule has 0 bridgehead atoms. The van der Waals surface area contributed by atoms with Crippen molar-refractivity contribution >= 4 is 20.6 Å². The van der Waals surface area contributed by atoms with Gasteiger partial charge in [-0.3, -0.25) is 0 Å². The van der Waals surface area contributed by atoms with Crippen molar-refractivity contribution in [2.24, 2.45) is 0 Å². The van der Waals surface area contributed by atoms with Gasteiger partial charge in [0, 0.05) is 17.9 Å². The molecule has 2 aromatic rings. The standard InChI is InChI=1S/C11H10F3S.FH/c1-2-9-7-8-5-3-4-6-10(8)15(9)11(12,13)14;/h3-7H,2H2,1H3;1H/q+1;/p-1. The SMILES string of the molecule is CCc1cc2ccccc2[s+]1C(F)(F)F.[F-]. The molecule has 0 spiro atoms. The summed E-state index contributed by atoms with van der Waals surface area (Å²) >= 11 is 0. The Morgan fingerprint density at radius 2 is 1.81 bits per heavy atom. The molecule has 2 rings (SSSR count). The van der Waals surface area contributed by atoms with Crippen molar-refractivity contribution in [3.63, 3.8) is 0 Å². The van der Waals surface area contributed by atoms with Crippen LogP contribution in [0.5, 0.6) is 0 Å². The van der Waals surface area contributed by atoms with Crippen molar-refractivity contribution < 1.29 is 17.9 Å². The number of alkyl halides is 3. The summed E-state index contributed by atoms with van der Waals surface area (Å²) in [4.78, 5) is 0.490. The molecule has 1 unspecified atom stereocenters. The molecular weight excluding hydrogens is 240 g/mol. The van der Waals surface area contributed by atoms with Crippen molar-refractivity contribution in [3.8, 4) is 0 Å². The number of hydrogen-bond acceptors (Lipinski definition) is 0. The Morgan fingerprint density at radius 1 is 1.19 bits per heavy atom. The molecule has 0 amide bonds. The first-order valence-electron chi connectivity index (χ1n) is 4.64. The molecule has 0 saturated heterocycles. The topological polar surface area (TPSA) is 0 Å². The molecule has 88 valence electrons. The van der Waals surface area contributed by atoms with E-state index in [2.05, 4.69) is 0 Å². The van der Waals surface area contributed by atoms with Gasteiger partial charge >= 0.3 is 5.51 Å². The van der Waals surface area contributed by atoms with Crippen molar-refractivity contribution in [1.29, 1.82) is 0 Å². The van der Waals surface area contributed by atoms with Crippen molar-refractivity contribution in [3.05, 3.63) is 35.2 Å². The lowest BCUT2D eigenvalue weighted by atomic mass is 10.2. The Kier molecular flexibility index (Phi) is 3.57. The summed E-state index contributed by atoms with van der Waals surface area (Å²) in [7, 11) is -1.70. The molecule has 1 aromatic carbocycles. The first-order valence-corrected chi connectivity index (χ1v) is 5.87. The monoisotopic (exact) mass is 250 g/mol. The molecule has 16 heavy (non-hydrogen) atoms. The minimum Gasteiger partial charge on any atom is -1.00 e. The zero-order valence-corrected chi connectivity index (χ0v) is 9.33. The lowest BCUT2D eigenvalue weighted by Gasteiger charge is -1.97. The van der Waals surface area contributed by atoms with Crippen LogP contribution in [-0.2, 0) is 11.9 Å². The van der Waals surface area contributed by atoms with Gasteiger partial charge in [-0.25, -0.2) is 0 Å².